The highest BCUT2D eigenvalue weighted by molar-refractivity contribution is 7.26. The molecule has 0 aliphatic carbocycles. The van der Waals surface area contributed by atoms with Gasteiger partial charge in [0.15, 0.2) is 0 Å². The number of para-hydroxylation sites is 3. The number of fused-ring (bicyclic) bond motifs is 9. The molecule has 0 fully saturated rings. The van der Waals surface area contributed by atoms with Crippen molar-refractivity contribution in [1.29, 1.82) is 0 Å². The van der Waals surface area contributed by atoms with Crippen LogP contribution in [0.4, 0.5) is 0 Å². The fourth-order valence-corrected chi connectivity index (χ4v) is 8.51. The summed E-state index contributed by atoms with van der Waals surface area (Å²) in [6.07, 6.45) is 0. The number of rotatable bonds is 3. The number of nitrogens with zero attached hydrogens (tertiary/aromatic N) is 2. The molecular formula is C42H25BN2S. The van der Waals surface area contributed by atoms with Crippen LogP contribution in [0.1, 0.15) is 0 Å². The molecule has 7 aromatic carbocycles. The quantitative estimate of drug-likeness (QED) is 0.179. The van der Waals surface area contributed by atoms with E-state index >= 15 is 0 Å². The molecule has 0 atom stereocenters. The standard InChI is InChI=1S/C42H25BN2S/c43-36-25-29(24-35-34-14-6-9-17-41(34)46-42(35)36)45-38-16-8-5-13-31(38)33-21-19-27(23-40(33)45)26-18-20-32-30-12-4-7-15-37(30)44(39(32)22-26)28-10-2-1-3-11-28/h1-25H. The lowest BCUT2D eigenvalue weighted by atomic mass is 9.93. The van der Waals surface area contributed by atoms with Gasteiger partial charge in [0.05, 0.1) is 22.1 Å². The van der Waals surface area contributed by atoms with Crippen molar-refractivity contribution in [2.45, 2.75) is 0 Å². The maximum Gasteiger partial charge on any atom is 0.115 e. The predicted octanol–water partition coefficient (Wildman–Crippen LogP) is 10.7. The van der Waals surface area contributed by atoms with Crippen LogP contribution in [-0.2, 0) is 0 Å². The molecule has 0 N–H and O–H groups in total. The number of aromatic nitrogens is 2. The van der Waals surface area contributed by atoms with Crippen molar-refractivity contribution in [2.75, 3.05) is 0 Å². The average molecular weight is 601 g/mol. The van der Waals surface area contributed by atoms with Crippen LogP contribution in [0.3, 0.4) is 0 Å². The molecule has 0 saturated carbocycles. The van der Waals surface area contributed by atoms with Crippen molar-refractivity contribution in [2.24, 2.45) is 0 Å². The summed E-state index contributed by atoms with van der Waals surface area (Å²) in [5.41, 5.74) is 10.2. The second-order valence-corrected chi connectivity index (χ2v) is 13.1. The summed E-state index contributed by atoms with van der Waals surface area (Å²) in [6.45, 7) is 0. The summed E-state index contributed by atoms with van der Waals surface area (Å²) in [7, 11) is 6.78. The number of benzene rings is 7. The lowest BCUT2D eigenvalue weighted by molar-refractivity contribution is 1.18. The molecule has 0 aliphatic heterocycles. The van der Waals surface area contributed by atoms with Crippen LogP contribution in [0.15, 0.2) is 152 Å². The number of hydrogen-bond donors (Lipinski definition) is 0. The van der Waals surface area contributed by atoms with Crippen LogP contribution >= 0.6 is 11.3 Å². The third kappa shape index (κ3) is 3.65. The third-order valence-electron chi connectivity index (χ3n) is 9.45. The van der Waals surface area contributed by atoms with Gasteiger partial charge in [-0.25, -0.2) is 0 Å². The van der Waals surface area contributed by atoms with E-state index in [2.05, 4.69) is 161 Å². The Hall–Kier alpha value is -5.58. The van der Waals surface area contributed by atoms with Crippen LogP contribution in [-0.4, -0.2) is 17.0 Å². The molecule has 0 saturated heterocycles. The SMILES string of the molecule is [B]c1cc(-n2c3ccccc3c3ccc(-c4ccc5c6ccccc6n(-c6ccccc6)c5c4)cc32)cc2c1sc1ccccc12. The summed E-state index contributed by atoms with van der Waals surface area (Å²) >= 11 is 1.77. The van der Waals surface area contributed by atoms with Crippen molar-refractivity contribution in [3.8, 4) is 22.5 Å². The fraction of sp³-hybridized carbons (Fsp3) is 0. The Kier molecular flexibility index (Phi) is 5.43. The Labute approximate surface area is 270 Å². The van der Waals surface area contributed by atoms with Crippen LogP contribution in [0.5, 0.6) is 0 Å². The van der Waals surface area contributed by atoms with E-state index in [1.807, 2.05) is 0 Å². The maximum absolute atomic E-state index is 6.78. The van der Waals surface area contributed by atoms with Gasteiger partial charge < -0.3 is 9.13 Å². The Morgan fingerprint density at radius 1 is 0.391 bits per heavy atom. The first-order valence-electron chi connectivity index (χ1n) is 15.6. The van der Waals surface area contributed by atoms with Crippen molar-refractivity contribution in [3.63, 3.8) is 0 Å². The van der Waals surface area contributed by atoms with Gasteiger partial charge in [0.2, 0.25) is 0 Å². The van der Waals surface area contributed by atoms with E-state index in [-0.39, 0.29) is 0 Å². The van der Waals surface area contributed by atoms with E-state index in [9.17, 15) is 0 Å². The predicted molar refractivity (Wildman–Crippen MR) is 199 cm³/mol. The summed E-state index contributed by atoms with van der Waals surface area (Å²) in [6, 6.07) is 54.8. The average Bonchev–Trinajstić information content (AvgIpc) is 3.76. The molecule has 10 rings (SSSR count). The minimum Gasteiger partial charge on any atom is -0.309 e. The Balaban J connectivity index is 1.23. The maximum atomic E-state index is 6.78. The highest BCUT2D eigenvalue weighted by Crippen LogP contribution is 2.39. The first-order valence-corrected chi connectivity index (χ1v) is 16.4. The molecule has 46 heavy (non-hydrogen) atoms. The molecule has 2 nitrogen and oxygen atoms in total. The summed E-state index contributed by atoms with van der Waals surface area (Å²) in [5.74, 6) is 0. The van der Waals surface area contributed by atoms with Crippen LogP contribution in [0.2, 0.25) is 0 Å². The largest absolute Gasteiger partial charge is 0.309 e. The number of thiophene rings is 1. The molecule has 10 aromatic rings. The zero-order valence-corrected chi connectivity index (χ0v) is 25.6. The van der Waals surface area contributed by atoms with E-state index in [1.54, 1.807) is 11.3 Å². The van der Waals surface area contributed by atoms with Crippen molar-refractivity contribution in [3.05, 3.63) is 152 Å². The zero-order valence-electron chi connectivity index (χ0n) is 24.8. The monoisotopic (exact) mass is 600 g/mol. The fourth-order valence-electron chi connectivity index (χ4n) is 7.40. The molecule has 3 heterocycles. The zero-order chi connectivity index (χ0) is 30.4. The van der Waals surface area contributed by atoms with Crippen LogP contribution < -0.4 is 5.46 Å². The minimum atomic E-state index is 0.815. The Morgan fingerprint density at radius 2 is 0.913 bits per heavy atom. The summed E-state index contributed by atoms with van der Waals surface area (Å²) < 4.78 is 7.17. The Morgan fingerprint density at radius 3 is 1.57 bits per heavy atom. The highest BCUT2D eigenvalue weighted by atomic mass is 32.1. The van der Waals surface area contributed by atoms with Gasteiger partial charge in [0, 0.05) is 53.1 Å². The molecule has 0 amide bonds. The first-order chi connectivity index (χ1) is 22.7. The molecule has 3 aromatic heterocycles. The molecule has 212 valence electrons. The van der Waals surface area contributed by atoms with E-state index in [1.165, 1.54) is 70.2 Å². The topological polar surface area (TPSA) is 9.86 Å². The normalized spacial score (nSPS) is 12.0. The van der Waals surface area contributed by atoms with Crippen molar-refractivity contribution in [1.82, 2.24) is 9.13 Å². The molecular weight excluding hydrogens is 575 g/mol. The molecule has 2 radical (unpaired) electrons. The molecule has 4 heteroatoms. The van der Waals surface area contributed by atoms with E-state index in [0.29, 0.717) is 0 Å². The Bertz CT molecular complexity index is 2820. The van der Waals surface area contributed by atoms with Gasteiger partial charge in [0.25, 0.3) is 0 Å². The van der Waals surface area contributed by atoms with Crippen LogP contribution in [0, 0.1) is 0 Å². The molecule has 0 spiro atoms. The molecule has 0 unspecified atom stereocenters. The van der Waals surface area contributed by atoms with E-state index in [4.69, 9.17) is 7.85 Å². The van der Waals surface area contributed by atoms with Crippen molar-refractivity contribution >= 4 is 88.4 Å². The lowest BCUT2D eigenvalue weighted by Gasteiger charge is -2.12. The number of hydrogen-bond acceptors (Lipinski definition) is 1. The second kappa shape index (κ2) is 9.71. The lowest BCUT2D eigenvalue weighted by Crippen LogP contribution is -2.05. The van der Waals surface area contributed by atoms with Gasteiger partial charge in [-0.15, -0.1) is 11.3 Å². The van der Waals surface area contributed by atoms with Gasteiger partial charge in [-0.3, -0.25) is 0 Å². The smallest absolute Gasteiger partial charge is 0.115 e. The minimum absolute atomic E-state index is 0.815. The van der Waals surface area contributed by atoms with Gasteiger partial charge in [0.1, 0.15) is 7.85 Å². The summed E-state index contributed by atoms with van der Waals surface area (Å²) in [4.78, 5) is 0. The first kappa shape index (κ1) is 25.7. The molecule has 0 aliphatic rings. The second-order valence-electron chi connectivity index (χ2n) is 12.0. The van der Waals surface area contributed by atoms with Crippen LogP contribution in [0.25, 0.3) is 86.3 Å². The van der Waals surface area contributed by atoms with Gasteiger partial charge >= 0.3 is 0 Å². The molecule has 0 bridgehead atoms. The van der Waals surface area contributed by atoms with E-state index < -0.39 is 0 Å². The van der Waals surface area contributed by atoms with Gasteiger partial charge in [-0.1, -0.05) is 103 Å². The highest BCUT2D eigenvalue weighted by Gasteiger charge is 2.17. The third-order valence-corrected chi connectivity index (χ3v) is 10.7. The van der Waals surface area contributed by atoms with Crippen molar-refractivity contribution < 1.29 is 0 Å². The van der Waals surface area contributed by atoms with Gasteiger partial charge in [-0.05, 0) is 65.7 Å². The summed E-state index contributed by atoms with van der Waals surface area (Å²) in [5, 5.41) is 7.43. The van der Waals surface area contributed by atoms with Gasteiger partial charge in [-0.2, -0.15) is 0 Å². The van der Waals surface area contributed by atoms with E-state index in [0.717, 1.165) is 21.5 Å².